The van der Waals surface area contributed by atoms with E-state index in [-0.39, 0.29) is 25.1 Å². The Labute approximate surface area is 185 Å². The molecule has 2 unspecified atom stereocenters. The zero-order valence-corrected chi connectivity index (χ0v) is 19.7. The minimum absolute atomic E-state index is 0.0352. The lowest BCUT2D eigenvalue weighted by molar-refractivity contribution is -0.137. The Morgan fingerprint density at radius 1 is 1.16 bits per heavy atom. The molecule has 2 aromatic rings. The molecule has 0 bridgehead atoms. The standard InChI is InChI=1S/C20H25F3N2O5S2/c1-18(2,31(4,26)27)17-11-15(24-25-17)16-12-19(3,8-9-30-16)32(28,29)14-7-5-6-13(10-14)20(21,22)23/h5-7,10-11,16H,8-9,12H2,1-4H3,(H,24,25). The molecule has 178 valence electrons. The van der Waals surface area contributed by atoms with E-state index in [1.807, 2.05) is 0 Å². The van der Waals surface area contributed by atoms with E-state index in [4.69, 9.17) is 4.74 Å². The third-order valence-electron chi connectivity index (χ3n) is 6.18. The van der Waals surface area contributed by atoms with Crippen molar-refractivity contribution < 1.29 is 34.7 Å². The van der Waals surface area contributed by atoms with E-state index in [0.29, 0.717) is 11.8 Å². The number of halogens is 3. The van der Waals surface area contributed by atoms with Crippen molar-refractivity contribution in [3.05, 3.63) is 47.3 Å². The molecule has 0 radical (unpaired) electrons. The molecule has 0 spiro atoms. The fraction of sp³-hybridized carbons (Fsp3) is 0.550. The lowest BCUT2D eigenvalue weighted by atomic mass is 9.94. The number of ether oxygens (including phenoxy) is 1. The first-order valence-electron chi connectivity index (χ1n) is 9.78. The van der Waals surface area contributed by atoms with Crippen molar-refractivity contribution in [2.75, 3.05) is 12.9 Å². The van der Waals surface area contributed by atoms with Crippen molar-refractivity contribution in [1.29, 1.82) is 0 Å². The van der Waals surface area contributed by atoms with Crippen LogP contribution in [0.15, 0.2) is 35.2 Å². The third kappa shape index (κ3) is 4.32. The van der Waals surface area contributed by atoms with Gasteiger partial charge in [-0.05, 0) is 57.9 Å². The lowest BCUT2D eigenvalue weighted by Crippen LogP contribution is -2.42. The molecule has 7 nitrogen and oxygen atoms in total. The first kappa shape index (κ1) is 24.7. The summed E-state index contributed by atoms with van der Waals surface area (Å²) in [6.45, 7) is 4.55. The van der Waals surface area contributed by atoms with Crippen molar-refractivity contribution in [2.45, 2.75) is 60.3 Å². The molecule has 12 heteroatoms. The molecular formula is C20H25F3N2O5S2. The average molecular weight is 495 g/mol. The molecule has 3 rings (SSSR count). The monoisotopic (exact) mass is 494 g/mol. The number of H-pyrrole nitrogens is 1. The van der Waals surface area contributed by atoms with Crippen molar-refractivity contribution in [3.63, 3.8) is 0 Å². The predicted octanol–water partition coefficient (Wildman–Crippen LogP) is 3.79. The third-order valence-corrected chi connectivity index (χ3v) is 10.8. The predicted molar refractivity (Wildman–Crippen MR) is 111 cm³/mol. The van der Waals surface area contributed by atoms with Gasteiger partial charge in [0.2, 0.25) is 0 Å². The average Bonchev–Trinajstić information content (AvgIpc) is 3.17. The molecule has 0 saturated carbocycles. The maximum atomic E-state index is 13.3. The summed E-state index contributed by atoms with van der Waals surface area (Å²) >= 11 is 0. The Morgan fingerprint density at radius 2 is 1.81 bits per heavy atom. The first-order valence-corrected chi connectivity index (χ1v) is 13.2. The number of nitrogens with zero attached hydrogens (tertiary/aromatic N) is 1. The first-order chi connectivity index (χ1) is 14.5. The number of hydrogen-bond donors (Lipinski definition) is 1. The molecule has 1 fully saturated rings. The molecular weight excluding hydrogens is 469 g/mol. The highest BCUT2D eigenvalue weighted by Gasteiger charge is 2.46. The number of alkyl halides is 3. The summed E-state index contributed by atoms with van der Waals surface area (Å²) in [4.78, 5) is -0.404. The summed E-state index contributed by atoms with van der Waals surface area (Å²) in [6, 6.07) is 5.22. The highest BCUT2D eigenvalue weighted by molar-refractivity contribution is 7.92. The zero-order chi connectivity index (χ0) is 24.2. The van der Waals surface area contributed by atoms with Gasteiger partial charge in [0.15, 0.2) is 19.7 Å². The Bertz CT molecular complexity index is 1220. The van der Waals surface area contributed by atoms with Crippen molar-refractivity contribution in [3.8, 4) is 0 Å². The second-order valence-electron chi connectivity index (χ2n) is 8.78. The van der Waals surface area contributed by atoms with Gasteiger partial charge in [0, 0.05) is 12.9 Å². The van der Waals surface area contributed by atoms with E-state index in [1.165, 1.54) is 26.8 Å². The maximum absolute atomic E-state index is 13.3. The van der Waals surface area contributed by atoms with Gasteiger partial charge < -0.3 is 4.74 Å². The van der Waals surface area contributed by atoms with Crippen LogP contribution in [0.1, 0.15) is 56.7 Å². The summed E-state index contributed by atoms with van der Waals surface area (Å²) in [5.74, 6) is 0. The van der Waals surface area contributed by atoms with Gasteiger partial charge in [-0.3, -0.25) is 5.10 Å². The fourth-order valence-electron chi connectivity index (χ4n) is 3.54. The summed E-state index contributed by atoms with van der Waals surface area (Å²) < 4.78 is 93.2. The number of nitrogens with one attached hydrogen (secondary N) is 1. The van der Waals surface area contributed by atoms with Gasteiger partial charge in [-0.2, -0.15) is 18.3 Å². The summed E-state index contributed by atoms with van der Waals surface area (Å²) in [5, 5.41) is 6.81. The molecule has 2 atom stereocenters. The van der Waals surface area contributed by atoms with Crippen LogP contribution in [0.25, 0.3) is 0 Å². The molecule has 1 aromatic carbocycles. The van der Waals surface area contributed by atoms with Gasteiger partial charge in [0.1, 0.15) is 10.9 Å². The molecule has 1 N–H and O–H groups in total. The summed E-state index contributed by atoms with van der Waals surface area (Å²) in [7, 11) is -7.62. The van der Waals surface area contributed by atoms with E-state index in [9.17, 15) is 30.0 Å². The van der Waals surface area contributed by atoms with Crippen LogP contribution in [0.5, 0.6) is 0 Å². The highest BCUT2D eigenvalue weighted by Crippen LogP contribution is 2.43. The summed E-state index contributed by atoms with van der Waals surface area (Å²) in [6.07, 6.45) is -4.25. The van der Waals surface area contributed by atoms with Crippen LogP contribution in [-0.2, 0) is 35.3 Å². The van der Waals surface area contributed by atoms with Crippen molar-refractivity contribution in [1.82, 2.24) is 10.2 Å². The minimum Gasteiger partial charge on any atom is -0.372 e. The molecule has 32 heavy (non-hydrogen) atoms. The number of hydrogen-bond acceptors (Lipinski definition) is 6. The van der Waals surface area contributed by atoms with Crippen LogP contribution in [0.3, 0.4) is 0 Å². The van der Waals surface area contributed by atoms with E-state index in [0.717, 1.165) is 24.5 Å². The summed E-state index contributed by atoms with van der Waals surface area (Å²) in [5.41, 5.74) is -0.375. The van der Waals surface area contributed by atoms with Crippen LogP contribution in [0.4, 0.5) is 13.2 Å². The van der Waals surface area contributed by atoms with Gasteiger partial charge in [0.05, 0.1) is 26.6 Å². The number of aromatic nitrogens is 2. The Morgan fingerprint density at radius 3 is 2.41 bits per heavy atom. The molecule has 0 aliphatic carbocycles. The molecule has 1 saturated heterocycles. The number of rotatable bonds is 5. The molecule has 1 aliphatic rings. The zero-order valence-electron chi connectivity index (χ0n) is 18.0. The smallest absolute Gasteiger partial charge is 0.372 e. The molecule has 2 heterocycles. The fourth-order valence-corrected chi connectivity index (χ4v) is 5.85. The van der Waals surface area contributed by atoms with E-state index in [2.05, 4.69) is 10.2 Å². The Kier molecular flexibility index (Phi) is 6.06. The van der Waals surface area contributed by atoms with Crippen molar-refractivity contribution in [2.24, 2.45) is 0 Å². The normalized spacial score (nSPS) is 23.3. The van der Waals surface area contributed by atoms with Gasteiger partial charge in [0.25, 0.3) is 0 Å². The molecule has 1 aromatic heterocycles. The Hall–Kier alpha value is -1.92. The van der Waals surface area contributed by atoms with E-state index < -0.39 is 51.9 Å². The number of sulfone groups is 2. The van der Waals surface area contributed by atoms with Crippen molar-refractivity contribution >= 4 is 19.7 Å². The van der Waals surface area contributed by atoms with Crippen LogP contribution >= 0.6 is 0 Å². The second-order valence-corrected chi connectivity index (χ2v) is 13.8. The molecule has 1 aliphatic heterocycles. The minimum atomic E-state index is -4.66. The largest absolute Gasteiger partial charge is 0.416 e. The van der Waals surface area contributed by atoms with Crippen LogP contribution in [0, 0.1) is 0 Å². The molecule has 0 amide bonds. The van der Waals surface area contributed by atoms with Gasteiger partial charge >= 0.3 is 6.18 Å². The van der Waals surface area contributed by atoms with E-state index >= 15 is 0 Å². The van der Waals surface area contributed by atoms with E-state index in [1.54, 1.807) is 0 Å². The Balaban J connectivity index is 1.93. The van der Waals surface area contributed by atoms with Crippen LogP contribution < -0.4 is 0 Å². The number of benzene rings is 1. The second kappa shape index (κ2) is 7.84. The maximum Gasteiger partial charge on any atom is 0.416 e. The van der Waals surface area contributed by atoms with Crippen LogP contribution in [0.2, 0.25) is 0 Å². The highest BCUT2D eigenvalue weighted by atomic mass is 32.2. The number of aromatic amines is 1. The van der Waals surface area contributed by atoms with Gasteiger partial charge in [-0.25, -0.2) is 16.8 Å². The SMILES string of the molecule is CC(C)(c1cc(C2CC(C)(S(=O)(=O)c3cccc(C(F)(F)F)c3)CCO2)[nH]n1)S(C)(=O)=O. The van der Waals surface area contributed by atoms with Gasteiger partial charge in [-0.15, -0.1) is 0 Å². The van der Waals surface area contributed by atoms with Gasteiger partial charge in [-0.1, -0.05) is 6.07 Å². The van der Waals surface area contributed by atoms with Crippen LogP contribution in [-0.4, -0.2) is 44.6 Å². The quantitative estimate of drug-likeness (QED) is 0.678. The lowest BCUT2D eigenvalue weighted by Gasteiger charge is -2.37. The topological polar surface area (TPSA) is 106 Å².